The minimum absolute atomic E-state index is 0.0688. The Kier molecular flexibility index (Phi) is 3.64. The Balaban J connectivity index is 1.80. The number of nitrogens with one attached hydrogen (secondary N) is 1. The zero-order valence-electron chi connectivity index (χ0n) is 13.2. The van der Waals surface area contributed by atoms with Gasteiger partial charge in [-0.2, -0.15) is 0 Å². The largest absolute Gasteiger partial charge is 0.348 e. The van der Waals surface area contributed by atoms with Gasteiger partial charge in [0.1, 0.15) is 18.3 Å². The zero-order valence-corrected chi connectivity index (χ0v) is 13.2. The molecule has 0 saturated carbocycles. The third-order valence-corrected chi connectivity index (χ3v) is 3.82. The van der Waals surface area contributed by atoms with Crippen LogP contribution in [0.15, 0.2) is 11.6 Å². The minimum atomic E-state index is -0.790. The summed E-state index contributed by atoms with van der Waals surface area (Å²) in [5, 5.41) is 2.26. The molecular formula is C15H21NO6. The molecule has 3 unspecified atom stereocenters. The van der Waals surface area contributed by atoms with Gasteiger partial charge in [-0.25, -0.2) is 0 Å². The van der Waals surface area contributed by atoms with Gasteiger partial charge in [-0.3, -0.25) is 14.9 Å². The van der Waals surface area contributed by atoms with Gasteiger partial charge in [0.15, 0.2) is 11.6 Å². The van der Waals surface area contributed by atoms with Crippen molar-refractivity contribution in [1.82, 2.24) is 5.32 Å². The second kappa shape index (κ2) is 5.13. The van der Waals surface area contributed by atoms with Gasteiger partial charge in [-0.1, -0.05) is 0 Å². The molecule has 3 rings (SSSR count). The SMILES string of the molecule is CC1(C)OCC(C2OC(C)(C)OC2/C=C2\CC(=O)NC2=O)O1. The normalized spacial score (nSPS) is 38.7. The molecule has 3 aliphatic heterocycles. The third-order valence-electron chi connectivity index (χ3n) is 3.82. The van der Waals surface area contributed by atoms with Crippen LogP contribution < -0.4 is 5.32 Å². The number of ether oxygens (including phenoxy) is 4. The van der Waals surface area contributed by atoms with Gasteiger partial charge in [-0.05, 0) is 33.8 Å². The van der Waals surface area contributed by atoms with Crippen LogP contribution in [0.5, 0.6) is 0 Å². The van der Waals surface area contributed by atoms with E-state index in [0.717, 1.165) is 0 Å². The molecule has 7 nitrogen and oxygen atoms in total. The lowest BCUT2D eigenvalue weighted by Crippen LogP contribution is -2.37. The Morgan fingerprint density at radius 1 is 1.09 bits per heavy atom. The van der Waals surface area contributed by atoms with E-state index in [-0.39, 0.29) is 24.3 Å². The molecule has 3 fully saturated rings. The number of carbonyl (C=O) groups is 2. The summed E-state index contributed by atoms with van der Waals surface area (Å²) < 4.78 is 23.2. The summed E-state index contributed by atoms with van der Waals surface area (Å²) in [6.45, 7) is 7.68. The first-order valence-electron chi connectivity index (χ1n) is 7.37. The lowest BCUT2D eigenvalue weighted by Gasteiger charge is -2.23. The van der Waals surface area contributed by atoms with E-state index in [1.54, 1.807) is 19.9 Å². The van der Waals surface area contributed by atoms with Gasteiger partial charge in [0.25, 0.3) is 5.91 Å². The molecule has 3 aliphatic rings. The first kappa shape index (κ1) is 15.6. The predicted octanol–water partition coefficient (Wildman–Crippen LogP) is 0.631. The molecule has 0 spiro atoms. The molecule has 2 amide bonds. The second-order valence-electron chi connectivity index (χ2n) is 6.68. The zero-order chi connectivity index (χ0) is 16.1. The average molecular weight is 311 g/mol. The molecule has 0 radical (unpaired) electrons. The lowest BCUT2D eigenvalue weighted by molar-refractivity contribution is -0.174. The quantitative estimate of drug-likeness (QED) is 0.595. The van der Waals surface area contributed by atoms with Gasteiger partial charge >= 0.3 is 0 Å². The molecular weight excluding hydrogens is 290 g/mol. The molecule has 0 aliphatic carbocycles. The van der Waals surface area contributed by atoms with Crippen LogP contribution >= 0.6 is 0 Å². The van der Waals surface area contributed by atoms with Crippen molar-refractivity contribution in [2.45, 2.75) is 64.0 Å². The molecule has 22 heavy (non-hydrogen) atoms. The van der Waals surface area contributed by atoms with Crippen LogP contribution in [0, 0.1) is 0 Å². The summed E-state index contributed by atoms with van der Waals surface area (Å²) in [7, 11) is 0. The fraction of sp³-hybridized carbons (Fsp3) is 0.733. The summed E-state index contributed by atoms with van der Waals surface area (Å²) in [6.07, 6.45) is 0.573. The third kappa shape index (κ3) is 3.08. The Hall–Kier alpha value is -1.28. The fourth-order valence-corrected chi connectivity index (χ4v) is 2.95. The number of amides is 2. The summed E-state index contributed by atoms with van der Waals surface area (Å²) in [6, 6.07) is 0. The Bertz CT molecular complexity index is 538. The number of hydrogen-bond acceptors (Lipinski definition) is 6. The number of rotatable bonds is 2. The van der Waals surface area contributed by atoms with Crippen LogP contribution in [0.2, 0.25) is 0 Å². The van der Waals surface area contributed by atoms with Gasteiger partial charge in [0, 0.05) is 5.57 Å². The van der Waals surface area contributed by atoms with Crippen molar-refractivity contribution in [3.63, 3.8) is 0 Å². The lowest BCUT2D eigenvalue weighted by atomic mass is 10.0. The smallest absolute Gasteiger partial charge is 0.254 e. The van der Waals surface area contributed by atoms with Crippen LogP contribution in [-0.2, 0) is 28.5 Å². The molecule has 0 aromatic heterocycles. The highest BCUT2D eigenvalue weighted by Crippen LogP contribution is 2.36. The standard InChI is InChI=1S/C15H21NO6/c1-14(2)19-7-10(21-14)12-9(20-15(3,4)22-12)5-8-6-11(17)16-13(8)18/h5,9-10,12H,6-7H2,1-4H3,(H,16,17,18)/b8-5+. The van der Waals surface area contributed by atoms with Crippen molar-refractivity contribution in [2.75, 3.05) is 6.61 Å². The molecule has 1 N–H and O–H groups in total. The summed E-state index contributed by atoms with van der Waals surface area (Å²) in [4.78, 5) is 23.0. The van der Waals surface area contributed by atoms with Gasteiger partial charge in [-0.15, -0.1) is 0 Å². The van der Waals surface area contributed by atoms with E-state index in [2.05, 4.69) is 5.32 Å². The second-order valence-corrected chi connectivity index (χ2v) is 6.68. The maximum absolute atomic E-state index is 11.7. The van der Waals surface area contributed by atoms with E-state index in [1.165, 1.54) is 0 Å². The number of hydrogen-bond donors (Lipinski definition) is 1. The molecule has 0 aromatic rings. The number of imide groups is 1. The summed E-state index contributed by atoms with van der Waals surface area (Å²) in [5.41, 5.74) is 0.402. The number of carbonyl (C=O) groups excluding carboxylic acids is 2. The highest BCUT2D eigenvalue weighted by Gasteiger charge is 2.49. The van der Waals surface area contributed by atoms with Crippen molar-refractivity contribution >= 4 is 11.8 Å². The van der Waals surface area contributed by atoms with Crippen LogP contribution in [-0.4, -0.2) is 48.3 Å². The van der Waals surface area contributed by atoms with Crippen molar-refractivity contribution in [1.29, 1.82) is 0 Å². The van der Waals surface area contributed by atoms with Gasteiger partial charge in [0.05, 0.1) is 13.0 Å². The van der Waals surface area contributed by atoms with E-state index in [4.69, 9.17) is 18.9 Å². The Morgan fingerprint density at radius 3 is 2.36 bits per heavy atom. The van der Waals surface area contributed by atoms with Crippen molar-refractivity contribution in [3.8, 4) is 0 Å². The predicted molar refractivity (Wildman–Crippen MR) is 74.6 cm³/mol. The van der Waals surface area contributed by atoms with Crippen molar-refractivity contribution in [3.05, 3.63) is 11.6 Å². The van der Waals surface area contributed by atoms with Crippen LogP contribution in [0.1, 0.15) is 34.1 Å². The Morgan fingerprint density at radius 2 is 1.82 bits per heavy atom. The van der Waals surface area contributed by atoms with Crippen LogP contribution in [0.4, 0.5) is 0 Å². The molecule has 3 heterocycles. The molecule has 0 aromatic carbocycles. The first-order valence-corrected chi connectivity index (χ1v) is 7.37. The monoisotopic (exact) mass is 311 g/mol. The summed E-state index contributed by atoms with van der Waals surface area (Å²) in [5.74, 6) is -2.13. The maximum Gasteiger partial charge on any atom is 0.254 e. The van der Waals surface area contributed by atoms with Crippen molar-refractivity contribution < 1.29 is 28.5 Å². The van der Waals surface area contributed by atoms with E-state index < -0.39 is 23.8 Å². The minimum Gasteiger partial charge on any atom is -0.348 e. The van der Waals surface area contributed by atoms with E-state index >= 15 is 0 Å². The average Bonchev–Trinajstić information content (AvgIpc) is 2.97. The van der Waals surface area contributed by atoms with Gasteiger partial charge in [0.2, 0.25) is 5.91 Å². The first-order chi connectivity index (χ1) is 10.2. The van der Waals surface area contributed by atoms with Crippen molar-refractivity contribution in [2.24, 2.45) is 0 Å². The topological polar surface area (TPSA) is 83.1 Å². The molecule has 122 valence electrons. The van der Waals surface area contributed by atoms with E-state index in [1.807, 2.05) is 13.8 Å². The maximum atomic E-state index is 11.7. The molecule has 3 atom stereocenters. The highest BCUT2D eigenvalue weighted by molar-refractivity contribution is 6.13. The van der Waals surface area contributed by atoms with Crippen LogP contribution in [0.3, 0.4) is 0 Å². The van der Waals surface area contributed by atoms with Gasteiger partial charge < -0.3 is 18.9 Å². The molecule has 3 saturated heterocycles. The van der Waals surface area contributed by atoms with E-state index in [9.17, 15) is 9.59 Å². The molecule has 7 heteroatoms. The van der Waals surface area contributed by atoms with E-state index in [0.29, 0.717) is 12.2 Å². The molecule has 0 bridgehead atoms. The Labute approximate surface area is 128 Å². The summed E-state index contributed by atoms with van der Waals surface area (Å²) >= 11 is 0. The highest BCUT2D eigenvalue weighted by atomic mass is 16.8. The fourth-order valence-electron chi connectivity index (χ4n) is 2.95. The van der Waals surface area contributed by atoms with Crippen LogP contribution in [0.25, 0.3) is 0 Å².